The van der Waals surface area contributed by atoms with Gasteiger partial charge in [-0.15, -0.1) is 11.8 Å². The Kier molecular flexibility index (Phi) is 5.34. The van der Waals surface area contributed by atoms with Gasteiger partial charge in [-0.2, -0.15) is 5.10 Å². The third kappa shape index (κ3) is 3.48. The highest BCUT2D eigenvalue weighted by molar-refractivity contribution is 7.99. The van der Waals surface area contributed by atoms with Crippen LogP contribution in [0.2, 0.25) is 5.02 Å². The third-order valence-electron chi connectivity index (χ3n) is 3.06. The molecule has 108 valence electrons. The standard InChI is InChI=1S/C14H18ClN3OS/c1-16-12(14-13(19-3)8-17-18(14)2)9-20-11-6-4-5-10(15)7-11/h4-8,12,16H,9H2,1-3H3. The maximum absolute atomic E-state index is 6.00. The molecule has 0 bridgehead atoms. The van der Waals surface area contributed by atoms with Crippen LogP contribution in [0.15, 0.2) is 35.4 Å². The average molecular weight is 312 g/mol. The van der Waals surface area contributed by atoms with E-state index >= 15 is 0 Å². The molecule has 1 unspecified atom stereocenters. The highest BCUT2D eigenvalue weighted by Gasteiger charge is 2.19. The molecule has 1 aromatic carbocycles. The molecule has 0 spiro atoms. The highest BCUT2D eigenvalue weighted by atomic mass is 35.5. The Balaban J connectivity index is 2.11. The van der Waals surface area contributed by atoms with Crippen LogP contribution in [0.5, 0.6) is 5.75 Å². The fraction of sp³-hybridized carbons (Fsp3) is 0.357. The molecule has 0 aliphatic heterocycles. The van der Waals surface area contributed by atoms with Crippen molar-refractivity contribution >= 4 is 23.4 Å². The molecular weight excluding hydrogens is 294 g/mol. The summed E-state index contributed by atoms with van der Waals surface area (Å²) in [5, 5.41) is 8.32. The van der Waals surface area contributed by atoms with Gasteiger partial charge >= 0.3 is 0 Å². The summed E-state index contributed by atoms with van der Waals surface area (Å²) in [6.45, 7) is 0. The molecule has 0 fully saturated rings. The number of methoxy groups -OCH3 is 1. The summed E-state index contributed by atoms with van der Waals surface area (Å²) >= 11 is 7.75. The van der Waals surface area contributed by atoms with Gasteiger partial charge < -0.3 is 10.1 Å². The summed E-state index contributed by atoms with van der Waals surface area (Å²) in [6, 6.07) is 8.03. The number of ether oxygens (including phenoxy) is 1. The number of halogens is 1. The predicted octanol–water partition coefficient (Wildman–Crippen LogP) is 3.13. The second-order valence-corrected chi connectivity index (χ2v) is 5.86. The SMILES string of the molecule is CNC(CSc1cccc(Cl)c1)c1c(OC)cnn1C. The number of nitrogens with zero attached hydrogens (tertiary/aromatic N) is 2. The molecule has 1 atom stereocenters. The van der Waals surface area contributed by atoms with Crippen molar-refractivity contribution in [1.82, 2.24) is 15.1 Å². The summed E-state index contributed by atoms with van der Waals surface area (Å²) in [5.41, 5.74) is 1.05. The summed E-state index contributed by atoms with van der Waals surface area (Å²) in [7, 11) is 5.53. The molecule has 1 N–H and O–H groups in total. The van der Waals surface area contributed by atoms with Crippen molar-refractivity contribution in [2.45, 2.75) is 10.9 Å². The first-order valence-corrected chi connectivity index (χ1v) is 7.63. The van der Waals surface area contributed by atoms with Gasteiger partial charge in [-0.05, 0) is 25.2 Å². The van der Waals surface area contributed by atoms with Crippen molar-refractivity contribution in [3.05, 3.63) is 41.2 Å². The number of benzene rings is 1. The van der Waals surface area contributed by atoms with Crippen molar-refractivity contribution in [3.63, 3.8) is 0 Å². The van der Waals surface area contributed by atoms with Crippen LogP contribution >= 0.6 is 23.4 Å². The van der Waals surface area contributed by atoms with Crippen molar-refractivity contribution in [1.29, 1.82) is 0 Å². The minimum Gasteiger partial charge on any atom is -0.493 e. The van der Waals surface area contributed by atoms with Crippen molar-refractivity contribution in [2.75, 3.05) is 19.9 Å². The van der Waals surface area contributed by atoms with Crippen LogP contribution in [0.3, 0.4) is 0 Å². The lowest BCUT2D eigenvalue weighted by molar-refractivity contribution is 0.401. The second kappa shape index (κ2) is 7.02. The zero-order valence-electron chi connectivity index (χ0n) is 11.8. The summed E-state index contributed by atoms with van der Waals surface area (Å²) in [6.07, 6.45) is 1.74. The van der Waals surface area contributed by atoms with Crippen LogP contribution in [-0.2, 0) is 7.05 Å². The van der Waals surface area contributed by atoms with Crippen molar-refractivity contribution in [2.24, 2.45) is 7.05 Å². The molecule has 0 aliphatic carbocycles. The zero-order valence-corrected chi connectivity index (χ0v) is 13.3. The quantitative estimate of drug-likeness (QED) is 0.832. The van der Waals surface area contributed by atoms with E-state index < -0.39 is 0 Å². The largest absolute Gasteiger partial charge is 0.493 e. The number of nitrogens with one attached hydrogen (secondary N) is 1. The van der Waals surface area contributed by atoms with Gasteiger partial charge in [0.1, 0.15) is 0 Å². The second-order valence-electron chi connectivity index (χ2n) is 4.33. The van der Waals surface area contributed by atoms with Gasteiger partial charge in [-0.25, -0.2) is 0 Å². The van der Waals surface area contributed by atoms with Gasteiger partial charge in [-0.1, -0.05) is 17.7 Å². The van der Waals surface area contributed by atoms with Gasteiger partial charge in [0.2, 0.25) is 0 Å². The highest BCUT2D eigenvalue weighted by Crippen LogP contribution is 2.30. The lowest BCUT2D eigenvalue weighted by Crippen LogP contribution is -2.22. The molecule has 2 rings (SSSR count). The minimum absolute atomic E-state index is 0.154. The third-order valence-corrected chi connectivity index (χ3v) is 4.38. The van der Waals surface area contributed by atoms with E-state index in [1.54, 1.807) is 25.1 Å². The Morgan fingerprint density at radius 2 is 2.30 bits per heavy atom. The topological polar surface area (TPSA) is 39.1 Å². The number of hydrogen-bond donors (Lipinski definition) is 1. The van der Waals surface area contributed by atoms with Gasteiger partial charge in [0, 0.05) is 22.7 Å². The zero-order chi connectivity index (χ0) is 14.5. The Labute approximate surface area is 128 Å². The molecule has 0 amide bonds. The van der Waals surface area contributed by atoms with Crippen LogP contribution in [-0.4, -0.2) is 29.7 Å². The van der Waals surface area contributed by atoms with Crippen LogP contribution in [0.4, 0.5) is 0 Å². The van der Waals surface area contributed by atoms with E-state index in [0.717, 1.165) is 27.1 Å². The number of hydrogen-bond acceptors (Lipinski definition) is 4. The van der Waals surface area contributed by atoms with E-state index in [1.165, 1.54) is 0 Å². The lowest BCUT2D eigenvalue weighted by atomic mass is 10.2. The van der Waals surface area contributed by atoms with E-state index in [-0.39, 0.29) is 6.04 Å². The molecule has 1 heterocycles. The first-order valence-electron chi connectivity index (χ1n) is 6.27. The lowest BCUT2D eigenvalue weighted by Gasteiger charge is -2.17. The van der Waals surface area contributed by atoms with E-state index in [1.807, 2.05) is 37.0 Å². The molecule has 20 heavy (non-hydrogen) atoms. The molecule has 0 saturated heterocycles. The maximum atomic E-state index is 6.00. The summed E-state index contributed by atoms with van der Waals surface area (Å²) in [4.78, 5) is 1.15. The first kappa shape index (κ1) is 15.2. The molecule has 1 aromatic heterocycles. The molecule has 6 heteroatoms. The number of rotatable bonds is 6. The Bertz CT molecular complexity index is 573. The van der Waals surface area contributed by atoms with E-state index in [9.17, 15) is 0 Å². The molecule has 0 aliphatic rings. The Morgan fingerprint density at radius 3 is 2.95 bits per heavy atom. The van der Waals surface area contributed by atoms with Crippen molar-refractivity contribution < 1.29 is 4.74 Å². The van der Waals surface area contributed by atoms with Crippen LogP contribution in [0.1, 0.15) is 11.7 Å². The smallest absolute Gasteiger partial charge is 0.161 e. The molecule has 4 nitrogen and oxygen atoms in total. The molecule has 0 radical (unpaired) electrons. The normalized spacial score (nSPS) is 12.4. The maximum Gasteiger partial charge on any atom is 0.161 e. The van der Waals surface area contributed by atoms with Crippen LogP contribution < -0.4 is 10.1 Å². The van der Waals surface area contributed by atoms with Crippen LogP contribution in [0.25, 0.3) is 0 Å². The monoisotopic (exact) mass is 311 g/mol. The van der Waals surface area contributed by atoms with E-state index in [2.05, 4.69) is 16.5 Å². The fourth-order valence-electron chi connectivity index (χ4n) is 2.02. The fourth-order valence-corrected chi connectivity index (χ4v) is 3.34. The summed E-state index contributed by atoms with van der Waals surface area (Å²) < 4.78 is 7.21. The molecule has 2 aromatic rings. The predicted molar refractivity (Wildman–Crippen MR) is 83.7 cm³/mol. The van der Waals surface area contributed by atoms with Gasteiger partial charge in [-0.3, -0.25) is 4.68 Å². The van der Waals surface area contributed by atoms with Crippen LogP contribution in [0, 0.1) is 0 Å². The van der Waals surface area contributed by atoms with Crippen molar-refractivity contribution in [3.8, 4) is 5.75 Å². The van der Waals surface area contributed by atoms with Gasteiger partial charge in [0.05, 0.1) is 25.0 Å². The molecule has 0 saturated carbocycles. The average Bonchev–Trinajstić information content (AvgIpc) is 2.81. The van der Waals surface area contributed by atoms with E-state index in [4.69, 9.17) is 16.3 Å². The van der Waals surface area contributed by atoms with Gasteiger partial charge in [0.15, 0.2) is 5.75 Å². The summed E-state index contributed by atoms with van der Waals surface area (Å²) in [5.74, 6) is 1.67. The molecular formula is C14H18ClN3OS. The minimum atomic E-state index is 0.154. The van der Waals surface area contributed by atoms with Gasteiger partial charge in [0.25, 0.3) is 0 Å². The first-order chi connectivity index (χ1) is 9.65. The number of aromatic nitrogens is 2. The number of thioether (sulfide) groups is 1. The Morgan fingerprint density at radius 1 is 1.50 bits per heavy atom. The number of aryl methyl sites for hydroxylation is 1. The van der Waals surface area contributed by atoms with E-state index in [0.29, 0.717) is 0 Å². The Hall–Kier alpha value is -1.17.